The molecule has 258 valence electrons. The first kappa shape index (κ1) is 36.3. The second-order valence-electron chi connectivity index (χ2n) is 11.0. The minimum Gasteiger partial charge on any atom is -0.491 e. The molecule has 0 bridgehead atoms. The minimum atomic E-state index is -1.07. The molecule has 1 fully saturated rings. The molecule has 14 nitrogen and oxygen atoms in total. The van der Waals surface area contributed by atoms with Crippen molar-refractivity contribution < 1.29 is 52.5 Å². The largest absolute Gasteiger partial charge is 0.491 e. The Balaban J connectivity index is 0.968. The van der Waals surface area contributed by atoms with Gasteiger partial charge in [0.15, 0.2) is 0 Å². The molecule has 48 heavy (non-hydrogen) atoms. The van der Waals surface area contributed by atoms with E-state index in [9.17, 15) is 28.8 Å². The first-order chi connectivity index (χ1) is 23.4. The molecule has 1 saturated heterocycles. The highest BCUT2D eigenvalue weighted by atomic mass is 16.6. The van der Waals surface area contributed by atoms with Gasteiger partial charge in [0.25, 0.3) is 11.8 Å². The van der Waals surface area contributed by atoms with E-state index in [1.165, 1.54) is 6.07 Å². The van der Waals surface area contributed by atoms with E-state index in [1.807, 2.05) is 0 Å². The van der Waals surface area contributed by atoms with Crippen LogP contribution in [0.4, 0.5) is 5.69 Å². The number of fused-ring (bicyclic) bond motifs is 1. The summed E-state index contributed by atoms with van der Waals surface area (Å²) in [6, 6.07) is 10.4. The Morgan fingerprint density at radius 2 is 1.44 bits per heavy atom. The van der Waals surface area contributed by atoms with Gasteiger partial charge in [-0.05, 0) is 55.7 Å². The normalized spacial score (nSPS) is 15.8. The lowest BCUT2D eigenvalue weighted by atomic mass is 10.0. The van der Waals surface area contributed by atoms with Crippen LogP contribution < -0.4 is 15.4 Å². The van der Waals surface area contributed by atoms with E-state index >= 15 is 0 Å². The smallest absolute Gasteiger partial charge is 0.264 e. The number of rotatable bonds is 22. The third kappa shape index (κ3) is 10.8. The first-order valence-corrected chi connectivity index (χ1v) is 16.0. The van der Waals surface area contributed by atoms with E-state index in [0.717, 1.165) is 24.0 Å². The SMILES string of the molecule is O=Cc1ccc(OCCOCCOCCOCCOCCCCCC(=O)Nc2cccc3c2C(=O)N(C2CCC(=O)NC2=O)C3=O)cc1. The Morgan fingerprint density at radius 3 is 2.08 bits per heavy atom. The van der Waals surface area contributed by atoms with Gasteiger partial charge in [0, 0.05) is 25.0 Å². The van der Waals surface area contributed by atoms with Gasteiger partial charge in [0.05, 0.1) is 63.1 Å². The van der Waals surface area contributed by atoms with Crippen molar-refractivity contribution in [2.45, 2.75) is 44.6 Å². The number of ether oxygens (including phenoxy) is 5. The van der Waals surface area contributed by atoms with E-state index in [1.54, 1.807) is 36.4 Å². The van der Waals surface area contributed by atoms with E-state index < -0.39 is 29.7 Å². The third-order valence-electron chi connectivity index (χ3n) is 7.56. The van der Waals surface area contributed by atoms with Gasteiger partial charge in [-0.25, -0.2) is 0 Å². The van der Waals surface area contributed by atoms with Gasteiger partial charge in [0.1, 0.15) is 24.7 Å². The first-order valence-electron chi connectivity index (χ1n) is 16.0. The number of unbranched alkanes of at least 4 members (excludes halogenated alkanes) is 2. The number of amides is 5. The molecule has 2 N–H and O–H groups in total. The van der Waals surface area contributed by atoms with Gasteiger partial charge in [-0.15, -0.1) is 0 Å². The number of nitrogens with zero attached hydrogens (tertiary/aromatic N) is 1. The van der Waals surface area contributed by atoms with Crippen molar-refractivity contribution in [3.63, 3.8) is 0 Å². The molecule has 1 unspecified atom stereocenters. The number of carbonyl (C=O) groups excluding carboxylic acids is 6. The second-order valence-corrected chi connectivity index (χ2v) is 11.0. The molecule has 2 aromatic rings. The zero-order valence-electron chi connectivity index (χ0n) is 26.7. The van der Waals surface area contributed by atoms with Gasteiger partial charge in [-0.2, -0.15) is 0 Å². The van der Waals surface area contributed by atoms with Crippen LogP contribution >= 0.6 is 0 Å². The maximum Gasteiger partial charge on any atom is 0.264 e. The van der Waals surface area contributed by atoms with Gasteiger partial charge in [0.2, 0.25) is 17.7 Å². The molecule has 0 aliphatic carbocycles. The van der Waals surface area contributed by atoms with Gasteiger partial charge >= 0.3 is 0 Å². The van der Waals surface area contributed by atoms with E-state index in [0.29, 0.717) is 77.2 Å². The van der Waals surface area contributed by atoms with Crippen molar-refractivity contribution in [1.29, 1.82) is 0 Å². The van der Waals surface area contributed by atoms with Crippen LogP contribution in [0, 0.1) is 0 Å². The summed E-state index contributed by atoms with van der Waals surface area (Å²) >= 11 is 0. The summed E-state index contributed by atoms with van der Waals surface area (Å²) in [4.78, 5) is 74.0. The fraction of sp³-hybridized carbons (Fsp3) is 0.471. The standard InChI is InChI=1S/C34H41N3O11/c38-23-24-8-10-25(11-9-24)48-22-21-47-20-19-46-18-17-45-16-15-44-14-3-1-2-7-29(39)35-27-6-4-5-26-31(27)34(43)37(33(26)42)28-12-13-30(40)36-32(28)41/h4-6,8-11,23,28H,1-3,7,12-22H2,(H,35,39)(H,36,40,41). The van der Waals surface area contributed by atoms with Crippen molar-refractivity contribution >= 4 is 41.5 Å². The molecule has 2 aliphatic heterocycles. The summed E-state index contributed by atoms with van der Waals surface area (Å²) in [6.07, 6.45) is 3.23. The summed E-state index contributed by atoms with van der Waals surface area (Å²) in [6.45, 7) is 4.02. The zero-order valence-corrected chi connectivity index (χ0v) is 26.7. The van der Waals surface area contributed by atoms with Crippen molar-refractivity contribution in [2.75, 3.05) is 64.8 Å². The second kappa shape index (κ2) is 19.4. The van der Waals surface area contributed by atoms with Gasteiger partial charge in [-0.3, -0.25) is 39.0 Å². The van der Waals surface area contributed by atoms with Crippen LogP contribution in [-0.4, -0.2) is 106 Å². The monoisotopic (exact) mass is 667 g/mol. The molecule has 2 aromatic carbocycles. The van der Waals surface area contributed by atoms with Crippen molar-refractivity contribution in [2.24, 2.45) is 0 Å². The van der Waals surface area contributed by atoms with E-state index in [2.05, 4.69) is 10.6 Å². The highest BCUT2D eigenvalue weighted by molar-refractivity contribution is 6.26. The molecule has 14 heteroatoms. The number of hydrogen-bond acceptors (Lipinski definition) is 11. The van der Waals surface area contributed by atoms with Crippen LogP contribution in [0.15, 0.2) is 42.5 Å². The van der Waals surface area contributed by atoms with Crippen LogP contribution in [0.3, 0.4) is 0 Å². The number of piperidine rings is 1. The van der Waals surface area contributed by atoms with E-state index in [-0.39, 0.29) is 42.0 Å². The summed E-state index contributed by atoms with van der Waals surface area (Å²) in [5, 5.41) is 4.89. The molecular weight excluding hydrogens is 626 g/mol. The Kier molecular flexibility index (Phi) is 14.7. The van der Waals surface area contributed by atoms with Crippen molar-refractivity contribution in [3.8, 4) is 5.75 Å². The highest BCUT2D eigenvalue weighted by Gasteiger charge is 2.45. The fourth-order valence-corrected chi connectivity index (χ4v) is 5.12. The van der Waals surface area contributed by atoms with Crippen LogP contribution in [0.25, 0.3) is 0 Å². The number of benzene rings is 2. The molecule has 4 rings (SSSR count). The number of nitrogens with one attached hydrogen (secondary N) is 2. The van der Waals surface area contributed by atoms with Crippen molar-refractivity contribution in [1.82, 2.24) is 10.2 Å². The Hall–Kier alpha value is -4.50. The van der Waals surface area contributed by atoms with E-state index in [4.69, 9.17) is 23.7 Å². The van der Waals surface area contributed by atoms with Crippen LogP contribution in [0.1, 0.15) is 69.6 Å². The summed E-state index contributed by atoms with van der Waals surface area (Å²) in [5.74, 6) is -2.04. The predicted molar refractivity (Wildman–Crippen MR) is 171 cm³/mol. The minimum absolute atomic E-state index is 0.0289. The number of carbonyl (C=O) groups is 6. The molecule has 2 aliphatic rings. The zero-order chi connectivity index (χ0) is 34.1. The van der Waals surface area contributed by atoms with Crippen LogP contribution in [0.5, 0.6) is 5.75 Å². The van der Waals surface area contributed by atoms with Crippen LogP contribution in [0.2, 0.25) is 0 Å². The predicted octanol–water partition coefficient (Wildman–Crippen LogP) is 2.54. The summed E-state index contributed by atoms with van der Waals surface area (Å²) in [7, 11) is 0. The van der Waals surface area contributed by atoms with Gasteiger partial charge in [-0.1, -0.05) is 12.5 Å². The lowest BCUT2D eigenvalue weighted by Crippen LogP contribution is -2.54. The fourth-order valence-electron chi connectivity index (χ4n) is 5.12. The Bertz CT molecular complexity index is 1430. The van der Waals surface area contributed by atoms with Crippen molar-refractivity contribution in [3.05, 3.63) is 59.2 Å². The summed E-state index contributed by atoms with van der Waals surface area (Å²) in [5.41, 5.74) is 0.978. The van der Waals surface area contributed by atoms with Crippen LogP contribution in [-0.2, 0) is 33.3 Å². The molecule has 0 aromatic heterocycles. The molecule has 0 spiro atoms. The van der Waals surface area contributed by atoms with Gasteiger partial charge < -0.3 is 29.0 Å². The maximum atomic E-state index is 13.2. The Labute approximate surface area is 278 Å². The molecular formula is C34H41N3O11. The number of hydrogen-bond donors (Lipinski definition) is 2. The quantitative estimate of drug-likeness (QED) is 0.107. The number of anilines is 1. The Morgan fingerprint density at radius 1 is 0.792 bits per heavy atom. The molecule has 1 atom stereocenters. The lowest BCUT2D eigenvalue weighted by Gasteiger charge is -2.27. The topological polar surface area (TPSA) is 176 Å². The highest BCUT2D eigenvalue weighted by Crippen LogP contribution is 2.32. The maximum absolute atomic E-state index is 13.2. The molecule has 5 amide bonds. The third-order valence-corrected chi connectivity index (χ3v) is 7.56. The number of aldehydes is 1. The summed E-state index contributed by atoms with van der Waals surface area (Å²) < 4.78 is 27.5. The average molecular weight is 668 g/mol. The lowest BCUT2D eigenvalue weighted by molar-refractivity contribution is -0.136. The average Bonchev–Trinajstić information content (AvgIpc) is 3.34. The molecule has 0 saturated carbocycles. The molecule has 0 radical (unpaired) electrons. The molecule has 2 heterocycles. The number of imide groups is 2.